The first-order chi connectivity index (χ1) is 12.9. The Bertz CT molecular complexity index is 1100. The van der Waals surface area contributed by atoms with Gasteiger partial charge in [0, 0.05) is 17.4 Å². The zero-order valence-electron chi connectivity index (χ0n) is 14.2. The van der Waals surface area contributed by atoms with E-state index in [-0.39, 0.29) is 0 Å². The molecule has 4 aromatic rings. The van der Waals surface area contributed by atoms with Gasteiger partial charge in [0.25, 0.3) is 0 Å². The van der Waals surface area contributed by atoms with Crippen LogP contribution in [0.3, 0.4) is 0 Å². The number of benzene rings is 1. The monoisotopic (exact) mass is 369 g/mol. The van der Waals surface area contributed by atoms with Crippen LogP contribution in [0.4, 0.5) is 24.8 Å². The van der Waals surface area contributed by atoms with Crippen LogP contribution in [0.25, 0.3) is 16.8 Å². The van der Waals surface area contributed by atoms with Crippen molar-refractivity contribution in [2.75, 3.05) is 5.32 Å². The molecule has 1 aromatic carbocycles. The number of rotatable bonds is 3. The Kier molecular flexibility index (Phi) is 4.02. The van der Waals surface area contributed by atoms with Crippen molar-refractivity contribution in [3.05, 3.63) is 72.2 Å². The van der Waals surface area contributed by atoms with E-state index in [0.717, 1.165) is 34.5 Å². The predicted octanol–water partition coefficient (Wildman–Crippen LogP) is 4.86. The molecule has 0 aliphatic rings. The molecule has 4 rings (SSSR count). The summed E-state index contributed by atoms with van der Waals surface area (Å²) < 4.78 is 39.6. The summed E-state index contributed by atoms with van der Waals surface area (Å²) >= 11 is 0. The molecular weight excluding hydrogens is 355 g/mol. The molecule has 3 heterocycles. The fourth-order valence-electron chi connectivity index (χ4n) is 2.77. The number of halogens is 3. The van der Waals surface area contributed by atoms with Gasteiger partial charge in [0.05, 0.1) is 29.2 Å². The van der Waals surface area contributed by atoms with Crippen molar-refractivity contribution in [3.63, 3.8) is 0 Å². The molecular formula is C19H14F3N5. The molecule has 0 saturated heterocycles. The van der Waals surface area contributed by atoms with Crippen LogP contribution in [0.1, 0.15) is 11.1 Å². The number of nitrogens with one attached hydrogen (secondary N) is 1. The van der Waals surface area contributed by atoms with Crippen molar-refractivity contribution in [3.8, 4) is 11.3 Å². The van der Waals surface area contributed by atoms with Crippen LogP contribution in [-0.2, 0) is 6.18 Å². The highest BCUT2D eigenvalue weighted by Gasteiger charge is 2.29. The Balaban J connectivity index is 1.63. The molecule has 0 saturated carbocycles. The van der Waals surface area contributed by atoms with Crippen molar-refractivity contribution >= 4 is 17.2 Å². The number of anilines is 2. The zero-order chi connectivity index (χ0) is 19.0. The van der Waals surface area contributed by atoms with E-state index >= 15 is 0 Å². The molecule has 0 bridgehead atoms. The molecule has 1 N–H and O–H groups in total. The van der Waals surface area contributed by atoms with Crippen molar-refractivity contribution in [2.24, 2.45) is 0 Å². The molecule has 0 spiro atoms. The third kappa shape index (κ3) is 3.33. The Morgan fingerprint density at radius 3 is 2.48 bits per heavy atom. The van der Waals surface area contributed by atoms with Crippen molar-refractivity contribution in [1.82, 2.24) is 19.6 Å². The minimum atomic E-state index is -4.36. The summed E-state index contributed by atoms with van der Waals surface area (Å²) in [6, 6.07) is 10.5. The van der Waals surface area contributed by atoms with E-state index in [1.165, 1.54) is 12.1 Å². The summed E-state index contributed by atoms with van der Waals surface area (Å²) in [6.07, 6.45) is 0.684. The van der Waals surface area contributed by atoms with E-state index in [1.807, 2.05) is 25.1 Å². The van der Waals surface area contributed by atoms with Crippen molar-refractivity contribution < 1.29 is 13.2 Å². The smallest absolute Gasteiger partial charge is 0.324 e. The van der Waals surface area contributed by atoms with Gasteiger partial charge in [-0.05, 0) is 48.9 Å². The van der Waals surface area contributed by atoms with E-state index in [2.05, 4.69) is 20.4 Å². The lowest BCUT2D eigenvalue weighted by Gasteiger charge is -2.09. The van der Waals surface area contributed by atoms with Crippen LogP contribution in [-0.4, -0.2) is 19.6 Å². The van der Waals surface area contributed by atoms with Gasteiger partial charge in [-0.25, -0.2) is 4.98 Å². The lowest BCUT2D eigenvalue weighted by atomic mass is 10.1. The molecule has 0 aliphatic carbocycles. The molecule has 8 heteroatoms. The van der Waals surface area contributed by atoms with Crippen LogP contribution < -0.4 is 5.32 Å². The second-order valence-corrected chi connectivity index (χ2v) is 6.03. The number of pyridine rings is 1. The first-order valence-electron chi connectivity index (χ1n) is 8.12. The molecule has 0 fully saturated rings. The molecule has 0 atom stereocenters. The molecule has 0 aliphatic heterocycles. The summed E-state index contributed by atoms with van der Waals surface area (Å²) in [5, 5.41) is 7.37. The number of imidazole rings is 1. The minimum absolute atomic E-state index is 0.411. The van der Waals surface area contributed by atoms with Crippen LogP contribution >= 0.6 is 0 Å². The molecule has 0 unspecified atom stereocenters. The largest absolute Gasteiger partial charge is 0.416 e. The lowest BCUT2D eigenvalue weighted by molar-refractivity contribution is -0.137. The fourth-order valence-corrected chi connectivity index (χ4v) is 2.77. The number of hydrogen-bond donors (Lipinski definition) is 1. The topological polar surface area (TPSA) is 55.1 Å². The van der Waals surface area contributed by atoms with Gasteiger partial charge in [0.2, 0.25) is 5.95 Å². The standard InChI is InChI=1S/C19H14F3N5/c1-12-3-2-8-23-17(12)13-9-16-11-24-18(27(16)25-10-13)26-15-6-4-14(5-7-15)19(20,21)22/h2-11H,1H3,(H,24,26). The van der Waals surface area contributed by atoms with Gasteiger partial charge < -0.3 is 5.32 Å². The Hall–Kier alpha value is -3.42. The molecule has 136 valence electrons. The maximum absolute atomic E-state index is 12.7. The third-order valence-electron chi connectivity index (χ3n) is 4.13. The minimum Gasteiger partial charge on any atom is -0.324 e. The SMILES string of the molecule is Cc1cccnc1-c1cnn2c(Nc3ccc(C(F)(F)F)cc3)ncc2c1. The maximum Gasteiger partial charge on any atom is 0.416 e. The summed E-state index contributed by atoms with van der Waals surface area (Å²) in [5.74, 6) is 0.411. The third-order valence-corrected chi connectivity index (χ3v) is 4.13. The first-order valence-corrected chi connectivity index (χ1v) is 8.12. The number of hydrogen-bond acceptors (Lipinski definition) is 4. The maximum atomic E-state index is 12.7. The van der Waals surface area contributed by atoms with Crippen LogP contribution in [0.5, 0.6) is 0 Å². The average Bonchev–Trinajstić information content (AvgIpc) is 3.04. The van der Waals surface area contributed by atoms with Crippen molar-refractivity contribution in [1.29, 1.82) is 0 Å². The number of nitrogens with zero attached hydrogens (tertiary/aromatic N) is 4. The average molecular weight is 369 g/mol. The molecule has 0 radical (unpaired) electrons. The van der Waals surface area contributed by atoms with Gasteiger partial charge in [0.15, 0.2) is 0 Å². The molecule has 5 nitrogen and oxygen atoms in total. The van der Waals surface area contributed by atoms with Gasteiger partial charge >= 0.3 is 6.18 Å². The van der Waals surface area contributed by atoms with E-state index in [9.17, 15) is 13.2 Å². The quantitative estimate of drug-likeness (QED) is 0.560. The summed E-state index contributed by atoms with van der Waals surface area (Å²) in [5.41, 5.74) is 3.27. The van der Waals surface area contributed by atoms with Gasteiger partial charge in [-0.3, -0.25) is 4.98 Å². The van der Waals surface area contributed by atoms with Gasteiger partial charge in [-0.1, -0.05) is 6.07 Å². The lowest BCUT2D eigenvalue weighted by Crippen LogP contribution is -2.05. The van der Waals surface area contributed by atoms with Gasteiger partial charge in [-0.2, -0.15) is 22.8 Å². The van der Waals surface area contributed by atoms with Crippen molar-refractivity contribution in [2.45, 2.75) is 13.1 Å². The summed E-state index contributed by atoms with van der Waals surface area (Å²) in [7, 11) is 0. The van der Waals surface area contributed by atoms with E-state index in [4.69, 9.17) is 0 Å². The van der Waals surface area contributed by atoms with Crippen LogP contribution in [0.15, 0.2) is 61.1 Å². The van der Waals surface area contributed by atoms with Gasteiger partial charge in [0.1, 0.15) is 0 Å². The number of aryl methyl sites for hydroxylation is 1. The fraction of sp³-hybridized carbons (Fsp3) is 0.105. The normalized spacial score (nSPS) is 11.7. The summed E-state index contributed by atoms with van der Waals surface area (Å²) in [6.45, 7) is 1.97. The highest BCUT2D eigenvalue weighted by molar-refractivity contribution is 5.68. The number of aromatic nitrogens is 4. The Morgan fingerprint density at radius 2 is 1.78 bits per heavy atom. The van der Waals surface area contributed by atoms with Gasteiger partial charge in [-0.15, -0.1) is 0 Å². The van der Waals surface area contributed by atoms with E-state index < -0.39 is 11.7 Å². The highest BCUT2D eigenvalue weighted by Crippen LogP contribution is 2.30. The highest BCUT2D eigenvalue weighted by atomic mass is 19.4. The second-order valence-electron chi connectivity index (χ2n) is 6.03. The molecule has 0 amide bonds. The Labute approximate surface area is 152 Å². The van der Waals surface area contributed by atoms with E-state index in [0.29, 0.717) is 11.6 Å². The Morgan fingerprint density at radius 1 is 1.00 bits per heavy atom. The molecule has 27 heavy (non-hydrogen) atoms. The van der Waals surface area contributed by atoms with Crippen LogP contribution in [0, 0.1) is 6.92 Å². The zero-order valence-corrected chi connectivity index (χ0v) is 14.2. The molecule has 3 aromatic heterocycles. The number of fused-ring (bicyclic) bond motifs is 1. The van der Waals surface area contributed by atoms with E-state index in [1.54, 1.807) is 23.1 Å². The number of alkyl halides is 3. The summed E-state index contributed by atoms with van der Waals surface area (Å²) in [4.78, 5) is 8.65. The first kappa shape index (κ1) is 17.0. The predicted molar refractivity (Wildman–Crippen MR) is 95.7 cm³/mol. The second kappa shape index (κ2) is 6.39. The van der Waals surface area contributed by atoms with Crippen LogP contribution in [0.2, 0.25) is 0 Å².